The number of Topliss-reactive ketones (excluding diaryl/α,β-unsaturated/α-hetero) is 1. The number of carbonyl (C=O) groups is 2. The van der Waals surface area contributed by atoms with Gasteiger partial charge in [0.15, 0.2) is 5.78 Å². The van der Waals surface area contributed by atoms with Crippen molar-refractivity contribution >= 4 is 17.4 Å². The van der Waals surface area contributed by atoms with E-state index in [4.69, 9.17) is 0 Å². The van der Waals surface area contributed by atoms with Crippen molar-refractivity contribution in [3.63, 3.8) is 0 Å². The Morgan fingerprint density at radius 1 is 1.37 bits per heavy atom. The molecule has 1 aromatic rings. The second-order valence-corrected chi connectivity index (χ2v) is 4.82. The number of esters is 1. The molecule has 102 valence electrons. The Morgan fingerprint density at radius 3 is 2.84 bits per heavy atom. The van der Waals surface area contributed by atoms with Gasteiger partial charge in [0, 0.05) is 24.3 Å². The number of ketones is 1. The van der Waals surface area contributed by atoms with Crippen molar-refractivity contribution in [2.45, 2.75) is 26.2 Å². The zero-order valence-corrected chi connectivity index (χ0v) is 11.4. The fourth-order valence-electron chi connectivity index (χ4n) is 2.45. The molecule has 0 amide bonds. The Bertz CT molecular complexity index is 496. The number of ether oxygens (including phenoxy) is 1. The van der Waals surface area contributed by atoms with Gasteiger partial charge in [0.2, 0.25) is 0 Å². The van der Waals surface area contributed by atoms with Crippen LogP contribution in [0, 0.1) is 0 Å². The molecule has 1 heterocycles. The van der Waals surface area contributed by atoms with E-state index < -0.39 is 0 Å². The SMILES string of the molecule is COC(=O)CCN1CCCc2cc(C(C)=O)ccc21. The third kappa shape index (κ3) is 3.13. The number of benzene rings is 1. The summed E-state index contributed by atoms with van der Waals surface area (Å²) >= 11 is 0. The van der Waals surface area contributed by atoms with Crippen molar-refractivity contribution in [2.24, 2.45) is 0 Å². The zero-order valence-electron chi connectivity index (χ0n) is 11.4. The minimum absolute atomic E-state index is 0.0921. The van der Waals surface area contributed by atoms with E-state index in [1.54, 1.807) is 6.92 Å². The van der Waals surface area contributed by atoms with Gasteiger partial charge in [0.25, 0.3) is 0 Å². The highest BCUT2D eigenvalue weighted by atomic mass is 16.5. The Morgan fingerprint density at radius 2 is 2.16 bits per heavy atom. The Kier molecular flexibility index (Phi) is 4.20. The van der Waals surface area contributed by atoms with Gasteiger partial charge in [-0.3, -0.25) is 9.59 Å². The highest BCUT2D eigenvalue weighted by Crippen LogP contribution is 2.28. The summed E-state index contributed by atoms with van der Waals surface area (Å²) in [7, 11) is 1.41. The molecule has 0 bridgehead atoms. The van der Waals surface area contributed by atoms with Crippen LogP contribution in [0.25, 0.3) is 0 Å². The molecule has 0 fully saturated rings. The third-order valence-electron chi connectivity index (χ3n) is 3.51. The number of hydrogen-bond donors (Lipinski definition) is 0. The molecule has 0 radical (unpaired) electrons. The molecule has 19 heavy (non-hydrogen) atoms. The lowest BCUT2D eigenvalue weighted by Gasteiger charge is -2.31. The highest BCUT2D eigenvalue weighted by molar-refractivity contribution is 5.94. The van der Waals surface area contributed by atoms with Crippen LogP contribution in [-0.4, -0.2) is 32.0 Å². The number of rotatable bonds is 4. The van der Waals surface area contributed by atoms with Gasteiger partial charge in [-0.2, -0.15) is 0 Å². The van der Waals surface area contributed by atoms with Gasteiger partial charge in [-0.1, -0.05) is 0 Å². The van der Waals surface area contributed by atoms with Crippen LogP contribution in [-0.2, 0) is 16.0 Å². The van der Waals surface area contributed by atoms with Gasteiger partial charge in [0.05, 0.1) is 13.5 Å². The first kappa shape index (κ1) is 13.6. The molecule has 0 spiro atoms. The predicted molar refractivity (Wildman–Crippen MR) is 73.6 cm³/mol. The fraction of sp³-hybridized carbons (Fsp3) is 0.467. The second kappa shape index (κ2) is 5.87. The molecule has 2 rings (SSSR count). The van der Waals surface area contributed by atoms with Gasteiger partial charge in [-0.25, -0.2) is 0 Å². The summed E-state index contributed by atoms with van der Waals surface area (Å²) in [6.07, 6.45) is 2.44. The van der Waals surface area contributed by atoms with Gasteiger partial charge in [-0.15, -0.1) is 0 Å². The lowest BCUT2D eigenvalue weighted by Crippen LogP contribution is -2.31. The van der Waals surface area contributed by atoms with Crippen molar-refractivity contribution < 1.29 is 14.3 Å². The lowest BCUT2D eigenvalue weighted by molar-refractivity contribution is -0.140. The number of carbonyl (C=O) groups excluding carboxylic acids is 2. The van der Waals surface area contributed by atoms with Crippen molar-refractivity contribution in [2.75, 3.05) is 25.1 Å². The normalized spacial score (nSPS) is 13.9. The first-order valence-corrected chi connectivity index (χ1v) is 6.57. The molecule has 0 N–H and O–H groups in total. The Labute approximate surface area is 113 Å². The quantitative estimate of drug-likeness (QED) is 0.616. The molecule has 0 aromatic heterocycles. The molecule has 1 aliphatic rings. The minimum atomic E-state index is -0.188. The number of nitrogens with zero attached hydrogens (tertiary/aromatic N) is 1. The monoisotopic (exact) mass is 261 g/mol. The maximum absolute atomic E-state index is 11.4. The number of fused-ring (bicyclic) bond motifs is 1. The number of anilines is 1. The molecule has 0 atom stereocenters. The summed E-state index contributed by atoms with van der Waals surface area (Å²) in [6.45, 7) is 3.20. The average Bonchev–Trinajstić information content (AvgIpc) is 2.43. The van der Waals surface area contributed by atoms with E-state index in [0.717, 1.165) is 30.6 Å². The van der Waals surface area contributed by atoms with E-state index in [-0.39, 0.29) is 11.8 Å². The summed E-state index contributed by atoms with van der Waals surface area (Å²) in [6, 6.07) is 5.82. The predicted octanol–water partition coefficient (Wildman–Crippen LogP) is 2.20. The number of aryl methyl sites for hydroxylation is 1. The second-order valence-electron chi connectivity index (χ2n) is 4.82. The Balaban J connectivity index is 2.15. The maximum atomic E-state index is 11.4. The highest BCUT2D eigenvalue weighted by Gasteiger charge is 2.18. The van der Waals surface area contributed by atoms with Gasteiger partial charge >= 0.3 is 5.97 Å². The topological polar surface area (TPSA) is 46.6 Å². The molecule has 0 saturated heterocycles. The van der Waals surface area contributed by atoms with E-state index in [1.165, 1.54) is 12.7 Å². The number of methoxy groups -OCH3 is 1. The molecular weight excluding hydrogens is 242 g/mol. The fourth-order valence-corrected chi connectivity index (χ4v) is 2.45. The van der Waals surface area contributed by atoms with Crippen LogP contribution in [0.3, 0.4) is 0 Å². The summed E-state index contributed by atoms with van der Waals surface area (Å²) in [5, 5.41) is 0. The summed E-state index contributed by atoms with van der Waals surface area (Å²) < 4.78 is 4.67. The standard InChI is InChI=1S/C15H19NO3/c1-11(17)12-5-6-14-13(10-12)4-3-8-16(14)9-7-15(18)19-2/h5-6,10H,3-4,7-9H2,1-2H3. The van der Waals surface area contributed by atoms with Crippen LogP contribution in [0.5, 0.6) is 0 Å². The van der Waals surface area contributed by atoms with Crippen molar-refractivity contribution in [1.82, 2.24) is 0 Å². The first-order chi connectivity index (χ1) is 9.11. The van der Waals surface area contributed by atoms with Crippen molar-refractivity contribution in [1.29, 1.82) is 0 Å². The van der Waals surface area contributed by atoms with Gasteiger partial charge in [-0.05, 0) is 43.5 Å². The molecule has 1 aromatic carbocycles. The van der Waals surface area contributed by atoms with Crippen LogP contribution in [0.1, 0.15) is 35.7 Å². The minimum Gasteiger partial charge on any atom is -0.469 e. The van der Waals surface area contributed by atoms with Crippen molar-refractivity contribution in [3.05, 3.63) is 29.3 Å². The van der Waals surface area contributed by atoms with E-state index >= 15 is 0 Å². The largest absolute Gasteiger partial charge is 0.469 e. The van der Waals surface area contributed by atoms with Gasteiger partial charge < -0.3 is 9.64 Å². The van der Waals surface area contributed by atoms with E-state index in [1.807, 2.05) is 18.2 Å². The summed E-state index contributed by atoms with van der Waals surface area (Å²) in [4.78, 5) is 24.8. The lowest BCUT2D eigenvalue weighted by atomic mass is 9.98. The molecule has 4 heteroatoms. The maximum Gasteiger partial charge on any atom is 0.307 e. The first-order valence-electron chi connectivity index (χ1n) is 6.57. The van der Waals surface area contributed by atoms with Crippen LogP contribution in [0.2, 0.25) is 0 Å². The van der Waals surface area contributed by atoms with Crippen LogP contribution in [0.15, 0.2) is 18.2 Å². The smallest absolute Gasteiger partial charge is 0.307 e. The van der Waals surface area contributed by atoms with Crippen LogP contribution < -0.4 is 4.90 Å². The molecular formula is C15H19NO3. The average molecular weight is 261 g/mol. The molecule has 0 aliphatic carbocycles. The number of hydrogen-bond acceptors (Lipinski definition) is 4. The van der Waals surface area contributed by atoms with E-state index in [0.29, 0.717) is 13.0 Å². The van der Waals surface area contributed by atoms with Crippen molar-refractivity contribution in [3.8, 4) is 0 Å². The molecule has 0 saturated carbocycles. The van der Waals surface area contributed by atoms with E-state index in [2.05, 4.69) is 9.64 Å². The van der Waals surface area contributed by atoms with Gasteiger partial charge in [0.1, 0.15) is 0 Å². The molecule has 0 unspecified atom stereocenters. The summed E-state index contributed by atoms with van der Waals surface area (Å²) in [5.74, 6) is -0.0954. The van der Waals surface area contributed by atoms with Crippen LogP contribution in [0.4, 0.5) is 5.69 Å². The Hall–Kier alpha value is -1.84. The molecule has 4 nitrogen and oxygen atoms in total. The van der Waals surface area contributed by atoms with E-state index in [9.17, 15) is 9.59 Å². The summed E-state index contributed by atoms with van der Waals surface area (Å²) in [5.41, 5.74) is 3.09. The zero-order chi connectivity index (χ0) is 13.8. The molecule has 1 aliphatic heterocycles. The third-order valence-corrected chi connectivity index (χ3v) is 3.51. The van der Waals surface area contributed by atoms with Crippen LogP contribution >= 0.6 is 0 Å².